The van der Waals surface area contributed by atoms with E-state index in [1.54, 1.807) is 7.11 Å². The number of benzene rings is 2. The maximum Gasteiger partial charge on any atom is 0.232 e. The summed E-state index contributed by atoms with van der Waals surface area (Å²) in [7, 11) is 3.79. The van der Waals surface area contributed by atoms with Crippen molar-refractivity contribution in [3.05, 3.63) is 47.2 Å². The van der Waals surface area contributed by atoms with Crippen LogP contribution in [0.1, 0.15) is 6.42 Å². The number of hydrogen-bond acceptors (Lipinski definition) is 9. The van der Waals surface area contributed by atoms with Crippen molar-refractivity contribution < 1.29 is 4.74 Å². The van der Waals surface area contributed by atoms with Gasteiger partial charge < -0.3 is 30.9 Å². The summed E-state index contributed by atoms with van der Waals surface area (Å²) in [5.74, 6) is 1.49. The fraction of sp³-hybridized carbons (Fsp3) is 0.318. The van der Waals surface area contributed by atoms with Crippen LogP contribution in [0.15, 0.2) is 47.2 Å². The molecule has 2 aromatic carbocycles. The van der Waals surface area contributed by atoms with E-state index in [-0.39, 0.29) is 0 Å². The molecule has 0 amide bonds. The number of nitrogens with zero attached hydrogens (tertiary/aromatic N) is 5. The van der Waals surface area contributed by atoms with Gasteiger partial charge in [0, 0.05) is 35.9 Å². The lowest BCUT2D eigenvalue weighted by Crippen LogP contribution is -2.29. The van der Waals surface area contributed by atoms with Crippen LogP contribution in [0.3, 0.4) is 0 Å². The second-order valence-corrected chi connectivity index (χ2v) is 8.56. The van der Waals surface area contributed by atoms with Crippen molar-refractivity contribution in [3.8, 4) is 5.75 Å². The van der Waals surface area contributed by atoms with Gasteiger partial charge in [-0.1, -0.05) is 22.0 Å². The van der Waals surface area contributed by atoms with Crippen molar-refractivity contribution in [1.82, 2.24) is 19.9 Å². The molecule has 1 aromatic heterocycles. The average molecular weight is 499 g/mol. The summed E-state index contributed by atoms with van der Waals surface area (Å²) in [6.07, 6.45) is 2.55. The third-order valence-electron chi connectivity index (χ3n) is 5.31. The highest BCUT2D eigenvalue weighted by molar-refractivity contribution is 9.10. The van der Waals surface area contributed by atoms with Gasteiger partial charge >= 0.3 is 0 Å². The summed E-state index contributed by atoms with van der Waals surface area (Å²) in [4.78, 5) is 17.5. The molecule has 1 saturated heterocycles. The molecule has 0 spiro atoms. The minimum atomic E-state index is 0.388. The lowest BCUT2D eigenvalue weighted by molar-refractivity contribution is 0.360. The number of anilines is 6. The number of hydrogen-bond donors (Lipinski definition) is 3. The van der Waals surface area contributed by atoms with Gasteiger partial charge in [0.05, 0.1) is 24.2 Å². The van der Waals surface area contributed by atoms with Crippen LogP contribution in [0.5, 0.6) is 5.75 Å². The van der Waals surface area contributed by atoms with Gasteiger partial charge in [-0.25, -0.2) is 9.97 Å². The molecule has 4 rings (SSSR count). The summed E-state index contributed by atoms with van der Waals surface area (Å²) in [5.41, 5.74) is 9.66. The second kappa shape index (κ2) is 10.0. The van der Waals surface area contributed by atoms with Crippen LogP contribution in [0, 0.1) is 0 Å². The monoisotopic (exact) mass is 498 g/mol. The molecule has 9 nitrogen and oxygen atoms in total. The number of ether oxygens (including phenoxy) is 1. The molecule has 1 aliphatic rings. The number of likely N-dealkylation sites (N-methyl/N-ethyl adjacent to an activating group) is 1. The van der Waals surface area contributed by atoms with E-state index in [4.69, 9.17) is 10.5 Å². The molecule has 0 bridgehead atoms. The third kappa shape index (κ3) is 5.38. The molecule has 0 atom stereocenters. The molecule has 0 aliphatic carbocycles. The van der Waals surface area contributed by atoms with Crippen LogP contribution in [-0.4, -0.2) is 60.2 Å². The zero-order valence-electron chi connectivity index (χ0n) is 18.2. The van der Waals surface area contributed by atoms with E-state index in [0.29, 0.717) is 29.0 Å². The first-order valence-corrected chi connectivity index (χ1v) is 11.2. The number of halogens is 1. The Morgan fingerprint density at radius 2 is 1.84 bits per heavy atom. The quantitative estimate of drug-likeness (QED) is 0.436. The zero-order chi connectivity index (χ0) is 22.5. The SMILES string of the molecule is COc1cc(N2CCCN(C)CC2)c(N)cc1Nc1ncnc(Nc2cccc(Br)c2)n1. The van der Waals surface area contributed by atoms with E-state index in [1.165, 1.54) is 6.33 Å². The smallest absolute Gasteiger partial charge is 0.232 e. The van der Waals surface area contributed by atoms with Gasteiger partial charge in [-0.15, -0.1) is 0 Å². The van der Waals surface area contributed by atoms with Crippen LogP contribution in [-0.2, 0) is 0 Å². The van der Waals surface area contributed by atoms with Crippen molar-refractivity contribution in [2.75, 3.05) is 61.6 Å². The number of nitrogens with two attached hydrogens (primary N) is 1. The van der Waals surface area contributed by atoms with Gasteiger partial charge in [-0.05, 0) is 44.3 Å². The standard InChI is InChI=1S/C22H27BrN8O/c1-30-7-4-8-31(10-9-30)19-13-20(32-2)18(12-17(19)24)28-22-26-14-25-21(29-22)27-16-6-3-5-15(23)11-16/h3,5-6,11-14H,4,7-10,24H2,1-2H3,(H2,25,26,27,28,29). The van der Waals surface area contributed by atoms with Crippen molar-refractivity contribution >= 4 is 50.6 Å². The van der Waals surface area contributed by atoms with Gasteiger partial charge in [0.15, 0.2) is 0 Å². The van der Waals surface area contributed by atoms with Crippen molar-refractivity contribution in [3.63, 3.8) is 0 Å². The number of rotatable bonds is 6. The summed E-state index contributed by atoms with van der Waals surface area (Å²) in [6.45, 7) is 3.97. The summed E-state index contributed by atoms with van der Waals surface area (Å²) in [6, 6.07) is 11.6. The molecule has 3 aromatic rings. The van der Waals surface area contributed by atoms with Crippen molar-refractivity contribution in [1.29, 1.82) is 0 Å². The van der Waals surface area contributed by atoms with Crippen LogP contribution in [0.4, 0.5) is 34.6 Å². The van der Waals surface area contributed by atoms with E-state index < -0.39 is 0 Å². The Morgan fingerprint density at radius 3 is 2.62 bits per heavy atom. The minimum absolute atomic E-state index is 0.388. The highest BCUT2D eigenvalue weighted by Gasteiger charge is 2.18. The average Bonchev–Trinajstić information content (AvgIpc) is 2.99. The molecule has 1 fully saturated rings. The van der Waals surface area contributed by atoms with Crippen LogP contribution in [0.25, 0.3) is 0 Å². The number of methoxy groups -OCH3 is 1. The molecule has 0 saturated carbocycles. The molecular weight excluding hydrogens is 472 g/mol. The number of nitrogens with one attached hydrogen (secondary N) is 2. The highest BCUT2D eigenvalue weighted by atomic mass is 79.9. The predicted molar refractivity (Wildman–Crippen MR) is 132 cm³/mol. The van der Waals surface area contributed by atoms with Crippen molar-refractivity contribution in [2.45, 2.75) is 6.42 Å². The molecule has 1 aliphatic heterocycles. The Balaban J connectivity index is 1.54. The lowest BCUT2D eigenvalue weighted by atomic mass is 10.2. The van der Waals surface area contributed by atoms with Gasteiger partial charge in [0.1, 0.15) is 12.1 Å². The number of nitrogen functional groups attached to an aromatic ring is 1. The summed E-state index contributed by atoms with van der Waals surface area (Å²) in [5, 5.41) is 6.38. The van der Waals surface area contributed by atoms with E-state index in [0.717, 1.165) is 48.4 Å². The fourth-order valence-corrected chi connectivity index (χ4v) is 4.05. The van der Waals surface area contributed by atoms with Gasteiger partial charge in [0.2, 0.25) is 11.9 Å². The Hall–Kier alpha value is -3.11. The Kier molecular flexibility index (Phi) is 6.91. The summed E-state index contributed by atoms with van der Waals surface area (Å²) < 4.78 is 6.61. The van der Waals surface area contributed by atoms with E-state index in [1.807, 2.05) is 36.4 Å². The molecule has 2 heterocycles. The van der Waals surface area contributed by atoms with E-state index >= 15 is 0 Å². The lowest BCUT2D eigenvalue weighted by Gasteiger charge is -2.25. The number of aromatic nitrogens is 3. The molecule has 4 N–H and O–H groups in total. The van der Waals surface area contributed by atoms with E-state index in [2.05, 4.69) is 58.4 Å². The Bertz CT molecular complexity index is 1080. The van der Waals surface area contributed by atoms with Crippen LogP contribution in [0.2, 0.25) is 0 Å². The normalized spacial score (nSPS) is 14.7. The first kappa shape index (κ1) is 22.1. The topological polar surface area (TPSA) is 104 Å². The van der Waals surface area contributed by atoms with E-state index in [9.17, 15) is 0 Å². The Labute approximate surface area is 196 Å². The molecule has 168 valence electrons. The fourth-order valence-electron chi connectivity index (χ4n) is 3.65. The first-order chi connectivity index (χ1) is 15.5. The van der Waals surface area contributed by atoms with Gasteiger partial charge in [0.25, 0.3) is 0 Å². The van der Waals surface area contributed by atoms with Crippen LogP contribution < -0.4 is 26.0 Å². The minimum Gasteiger partial charge on any atom is -0.494 e. The molecule has 10 heteroatoms. The maximum absolute atomic E-state index is 6.44. The third-order valence-corrected chi connectivity index (χ3v) is 5.80. The molecule has 32 heavy (non-hydrogen) atoms. The predicted octanol–water partition coefficient (Wildman–Crippen LogP) is 3.85. The van der Waals surface area contributed by atoms with Crippen LogP contribution >= 0.6 is 15.9 Å². The van der Waals surface area contributed by atoms with Gasteiger partial charge in [-0.3, -0.25) is 0 Å². The Morgan fingerprint density at radius 1 is 1.03 bits per heavy atom. The second-order valence-electron chi connectivity index (χ2n) is 7.65. The molecule has 0 unspecified atom stereocenters. The summed E-state index contributed by atoms with van der Waals surface area (Å²) >= 11 is 3.46. The zero-order valence-corrected chi connectivity index (χ0v) is 19.8. The maximum atomic E-state index is 6.44. The van der Waals surface area contributed by atoms with Gasteiger partial charge in [-0.2, -0.15) is 4.98 Å². The van der Waals surface area contributed by atoms with Crippen molar-refractivity contribution in [2.24, 2.45) is 0 Å². The first-order valence-electron chi connectivity index (χ1n) is 10.4. The molecular formula is C22H27BrN8O. The largest absolute Gasteiger partial charge is 0.494 e. The highest BCUT2D eigenvalue weighted by Crippen LogP contribution is 2.37. The molecule has 0 radical (unpaired) electrons.